The number of allylic oxidation sites excluding steroid dienone is 2. The highest BCUT2D eigenvalue weighted by Gasteiger charge is 2.23. The summed E-state index contributed by atoms with van der Waals surface area (Å²) >= 11 is 0. The van der Waals surface area contributed by atoms with Gasteiger partial charge in [-0.25, -0.2) is 0 Å². The van der Waals surface area contributed by atoms with Crippen molar-refractivity contribution >= 4 is 11.6 Å². The Bertz CT molecular complexity index is 570. The molecule has 1 aromatic carbocycles. The van der Waals surface area contributed by atoms with Crippen molar-refractivity contribution in [3.8, 4) is 5.75 Å². The Hall–Kier alpha value is -1.97. The molecule has 4 heteroatoms. The fraction of sp³-hybridized carbons (Fsp3) is 0.526. The zero-order valence-electron chi connectivity index (χ0n) is 13.8. The van der Waals surface area contributed by atoms with Crippen molar-refractivity contribution in [2.75, 3.05) is 31.6 Å². The third-order valence-electron chi connectivity index (χ3n) is 4.85. The highest BCUT2D eigenvalue weighted by molar-refractivity contribution is 5.76. The van der Waals surface area contributed by atoms with Crippen molar-refractivity contribution in [3.63, 3.8) is 0 Å². The molecule has 124 valence electrons. The molecule has 1 aromatic rings. The van der Waals surface area contributed by atoms with Crippen LogP contribution in [-0.4, -0.2) is 32.7 Å². The van der Waals surface area contributed by atoms with Gasteiger partial charge in [0.05, 0.1) is 7.11 Å². The number of nitrogens with one attached hydrogen (secondary N) is 1. The maximum atomic E-state index is 12.0. The van der Waals surface area contributed by atoms with Gasteiger partial charge in [-0.3, -0.25) is 4.79 Å². The van der Waals surface area contributed by atoms with Gasteiger partial charge in [0.15, 0.2) is 0 Å². The topological polar surface area (TPSA) is 41.6 Å². The van der Waals surface area contributed by atoms with Gasteiger partial charge in [0, 0.05) is 37.8 Å². The third kappa shape index (κ3) is 4.27. The summed E-state index contributed by atoms with van der Waals surface area (Å²) in [6.45, 7) is 2.82. The second kappa shape index (κ2) is 7.53. The fourth-order valence-electron chi connectivity index (χ4n) is 3.47. The third-order valence-corrected chi connectivity index (χ3v) is 4.85. The van der Waals surface area contributed by atoms with Crippen LogP contribution in [0, 0.1) is 11.8 Å². The summed E-state index contributed by atoms with van der Waals surface area (Å²) in [4.78, 5) is 14.4. The molecule has 2 aliphatic rings. The standard InChI is InChI=1S/C19H26N2O2/c1-23-18-8-4-7-17(12-18)21-10-9-16(14-21)13-20-19(22)11-15-5-2-3-6-15/h2,4-5,7-8,12,15-16H,3,6,9-11,13-14H2,1H3,(H,20,22)/t15-,16-/m1/s1. The van der Waals surface area contributed by atoms with Crippen LogP contribution in [0.3, 0.4) is 0 Å². The molecule has 0 bridgehead atoms. The lowest BCUT2D eigenvalue weighted by Gasteiger charge is -2.19. The van der Waals surface area contributed by atoms with E-state index in [1.807, 2.05) is 12.1 Å². The molecule has 23 heavy (non-hydrogen) atoms. The maximum absolute atomic E-state index is 12.0. The molecule has 1 aliphatic carbocycles. The van der Waals surface area contributed by atoms with Crippen molar-refractivity contribution in [1.29, 1.82) is 0 Å². The summed E-state index contributed by atoms with van der Waals surface area (Å²) in [6.07, 6.45) is 8.38. The molecule has 0 aromatic heterocycles. The van der Waals surface area contributed by atoms with Gasteiger partial charge in [-0.2, -0.15) is 0 Å². The molecular weight excluding hydrogens is 288 g/mol. The van der Waals surface area contributed by atoms with E-state index in [1.54, 1.807) is 7.11 Å². The second-order valence-electron chi connectivity index (χ2n) is 6.58. The Balaban J connectivity index is 1.44. The number of amides is 1. The van der Waals surface area contributed by atoms with Crippen LogP contribution in [0.1, 0.15) is 25.7 Å². The minimum absolute atomic E-state index is 0.196. The molecule has 1 aliphatic heterocycles. The van der Waals surface area contributed by atoms with Crippen LogP contribution >= 0.6 is 0 Å². The van der Waals surface area contributed by atoms with Crippen LogP contribution in [0.15, 0.2) is 36.4 Å². The second-order valence-corrected chi connectivity index (χ2v) is 6.58. The van der Waals surface area contributed by atoms with Gasteiger partial charge in [-0.05, 0) is 43.2 Å². The lowest BCUT2D eigenvalue weighted by atomic mass is 10.0. The zero-order valence-corrected chi connectivity index (χ0v) is 13.8. The van der Waals surface area contributed by atoms with Crippen LogP contribution < -0.4 is 15.0 Å². The molecule has 4 nitrogen and oxygen atoms in total. The van der Waals surface area contributed by atoms with Crippen molar-refractivity contribution in [2.45, 2.75) is 25.7 Å². The smallest absolute Gasteiger partial charge is 0.220 e. The first-order valence-electron chi connectivity index (χ1n) is 8.57. The molecule has 2 atom stereocenters. The van der Waals surface area contributed by atoms with E-state index in [-0.39, 0.29) is 5.91 Å². The number of carbonyl (C=O) groups is 1. The Labute approximate surface area is 138 Å². The van der Waals surface area contributed by atoms with Gasteiger partial charge in [0.25, 0.3) is 0 Å². The van der Waals surface area contributed by atoms with Crippen LogP contribution in [-0.2, 0) is 4.79 Å². The number of nitrogens with zero attached hydrogens (tertiary/aromatic N) is 1. The molecule has 1 N–H and O–H groups in total. The monoisotopic (exact) mass is 314 g/mol. The predicted molar refractivity (Wildman–Crippen MR) is 92.8 cm³/mol. The van der Waals surface area contributed by atoms with Crippen LogP contribution in [0.4, 0.5) is 5.69 Å². The van der Waals surface area contributed by atoms with Crippen LogP contribution in [0.5, 0.6) is 5.75 Å². The number of hydrogen-bond acceptors (Lipinski definition) is 3. The zero-order chi connectivity index (χ0) is 16.1. The molecule has 3 rings (SSSR count). The van der Waals surface area contributed by atoms with E-state index in [2.05, 4.69) is 34.5 Å². The van der Waals surface area contributed by atoms with Crippen molar-refractivity contribution in [3.05, 3.63) is 36.4 Å². The lowest BCUT2D eigenvalue weighted by molar-refractivity contribution is -0.121. The molecule has 1 heterocycles. The van der Waals surface area contributed by atoms with Gasteiger partial charge >= 0.3 is 0 Å². The van der Waals surface area contributed by atoms with Gasteiger partial charge in [-0.1, -0.05) is 18.2 Å². The van der Waals surface area contributed by atoms with E-state index in [1.165, 1.54) is 5.69 Å². The van der Waals surface area contributed by atoms with E-state index in [4.69, 9.17) is 4.74 Å². The van der Waals surface area contributed by atoms with E-state index in [9.17, 15) is 4.79 Å². The highest BCUT2D eigenvalue weighted by atomic mass is 16.5. The van der Waals surface area contributed by atoms with E-state index >= 15 is 0 Å². The average molecular weight is 314 g/mol. The van der Waals surface area contributed by atoms with Crippen molar-refractivity contribution < 1.29 is 9.53 Å². The fourth-order valence-corrected chi connectivity index (χ4v) is 3.47. The largest absolute Gasteiger partial charge is 0.497 e. The summed E-state index contributed by atoms with van der Waals surface area (Å²) in [6, 6.07) is 8.19. The first-order chi connectivity index (χ1) is 11.2. The number of anilines is 1. The normalized spacial score (nSPS) is 23.3. The van der Waals surface area contributed by atoms with Crippen LogP contribution in [0.25, 0.3) is 0 Å². The molecular formula is C19H26N2O2. The lowest BCUT2D eigenvalue weighted by Crippen LogP contribution is -2.31. The van der Waals surface area contributed by atoms with Crippen molar-refractivity contribution in [2.24, 2.45) is 11.8 Å². The Morgan fingerprint density at radius 1 is 1.39 bits per heavy atom. The summed E-state index contributed by atoms with van der Waals surface area (Å²) in [7, 11) is 1.70. The summed E-state index contributed by atoms with van der Waals surface area (Å²) < 4.78 is 5.29. The molecule has 1 fully saturated rings. The summed E-state index contributed by atoms with van der Waals surface area (Å²) in [5.74, 6) is 2.07. The molecule has 0 unspecified atom stereocenters. The maximum Gasteiger partial charge on any atom is 0.220 e. The minimum Gasteiger partial charge on any atom is -0.497 e. The van der Waals surface area contributed by atoms with Gasteiger partial charge < -0.3 is 15.0 Å². The van der Waals surface area contributed by atoms with E-state index in [0.717, 1.165) is 44.6 Å². The molecule has 1 amide bonds. The Morgan fingerprint density at radius 2 is 2.30 bits per heavy atom. The van der Waals surface area contributed by atoms with Crippen molar-refractivity contribution in [1.82, 2.24) is 5.32 Å². The molecule has 0 saturated carbocycles. The van der Waals surface area contributed by atoms with E-state index in [0.29, 0.717) is 18.3 Å². The summed E-state index contributed by atoms with van der Waals surface area (Å²) in [5.41, 5.74) is 1.20. The SMILES string of the molecule is COc1cccc(N2CC[C@H](CNC(=O)C[C@@H]3C=CCC3)C2)c1. The Kier molecular flexibility index (Phi) is 5.21. The van der Waals surface area contributed by atoms with Gasteiger partial charge in [-0.15, -0.1) is 0 Å². The molecule has 1 saturated heterocycles. The Morgan fingerprint density at radius 3 is 3.09 bits per heavy atom. The van der Waals surface area contributed by atoms with Gasteiger partial charge in [0.2, 0.25) is 5.91 Å². The quantitative estimate of drug-likeness (QED) is 0.821. The molecule has 0 radical (unpaired) electrons. The predicted octanol–water partition coefficient (Wildman–Crippen LogP) is 2.99. The van der Waals surface area contributed by atoms with Crippen LogP contribution in [0.2, 0.25) is 0 Å². The first-order valence-corrected chi connectivity index (χ1v) is 8.57. The number of rotatable bonds is 6. The average Bonchev–Trinajstić information content (AvgIpc) is 3.24. The highest BCUT2D eigenvalue weighted by Crippen LogP contribution is 2.26. The van der Waals surface area contributed by atoms with E-state index < -0.39 is 0 Å². The number of hydrogen-bond donors (Lipinski definition) is 1. The summed E-state index contributed by atoms with van der Waals surface area (Å²) in [5, 5.41) is 3.12. The first kappa shape index (κ1) is 15.9. The minimum atomic E-state index is 0.196. The molecule has 0 spiro atoms. The van der Waals surface area contributed by atoms with Gasteiger partial charge in [0.1, 0.15) is 5.75 Å². The number of methoxy groups -OCH3 is 1. The number of ether oxygens (including phenoxy) is 1. The number of carbonyl (C=O) groups excluding carboxylic acids is 1. The number of benzene rings is 1.